The van der Waals surface area contributed by atoms with Gasteiger partial charge in [-0.15, -0.1) is 11.3 Å². The lowest BCUT2D eigenvalue weighted by atomic mass is 10.1. The molecule has 0 aliphatic carbocycles. The van der Waals surface area contributed by atoms with Gasteiger partial charge in [0.1, 0.15) is 11.5 Å². The van der Waals surface area contributed by atoms with E-state index in [1.165, 1.54) is 25.6 Å². The minimum atomic E-state index is -0.355. The quantitative estimate of drug-likeness (QED) is 0.399. The number of rotatable bonds is 9. The van der Waals surface area contributed by atoms with E-state index in [4.69, 9.17) is 9.47 Å². The molecular weight excluding hydrogens is 454 g/mol. The van der Waals surface area contributed by atoms with Gasteiger partial charge < -0.3 is 25.4 Å². The first-order chi connectivity index (χ1) is 16.3. The highest BCUT2D eigenvalue weighted by Crippen LogP contribution is 2.37. The van der Waals surface area contributed by atoms with Gasteiger partial charge in [0.15, 0.2) is 0 Å². The van der Waals surface area contributed by atoms with Gasteiger partial charge in [0.2, 0.25) is 11.8 Å². The summed E-state index contributed by atoms with van der Waals surface area (Å²) in [5.74, 6) is -0.182. The molecule has 0 saturated heterocycles. The predicted molar refractivity (Wildman–Crippen MR) is 134 cm³/mol. The lowest BCUT2D eigenvalue weighted by molar-refractivity contribution is -0.121. The molecule has 1 heterocycles. The molecule has 0 unspecified atom stereocenters. The van der Waals surface area contributed by atoms with Gasteiger partial charge in [0, 0.05) is 30.7 Å². The molecule has 2 aromatic carbocycles. The van der Waals surface area contributed by atoms with Gasteiger partial charge in [-0.3, -0.25) is 14.4 Å². The van der Waals surface area contributed by atoms with Crippen molar-refractivity contribution in [2.75, 3.05) is 30.2 Å². The van der Waals surface area contributed by atoms with Crippen molar-refractivity contribution in [1.82, 2.24) is 0 Å². The number of carbonyl (C=O) groups is 3. The first-order valence-electron chi connectivity index (χ1n) is 10.6. The lowest BCUT2D eigenvalue weighted by Gasteiger charge is -2.16. The molecule has 0 atom stereocenters. The van der Waals surface area contributed by atoms with E-state index in [1.54, 1.807) is 24.3 Å². The average molecular weight is 482 g/mol. The summed E-state index contributed by atoms with van der Waals surface area (Å²) in [5, 5.41) is 10.2. The smallest absolute Gasteiger partial charge is 0.265 e. The zero-order chi connectivity index (χ0) is 24.7. The Morgan fingerprint density at radius 3 is 1.94 bits per heavy atom. The number of carbonyl (C=O) groups excluding carboxylic acids is 3. The van der Waals surface area contributed by atoms with Crippen LogP contribution >= 0.6 is 11.3 Å². The third-order valence-electron chi connectivity index (χ3n) is 5.25. The molecule has 0 bridgehead atoms. The molecule has 9 heteroatoms. The van der Waals surface area contributed by atoms with Crippen molar-refractivity contribution in [3.8, 4) is 11.5 Å². The maximum atomic E-state index is 12.5. The number of hydrogen-bond donors (Lipinski definition) is 3. The largest absolute Gasteiger partial charge is 0.494 e. The van der Waals surface area contributed by atoms with Crippen LogP contribution in [0.5, 0.6) is 11.5 Å². The SMILES string of the molecule is COc1cc(NC(=O)c2cccs2)c(OC)cc1NC(=O)CCC(=O)Nc1cccc(C)c1C. The molecule has 3 rings (SSSR count). The highest BCUT2D eigenvalue weighted by atomic mass is 32.1. The van der Waals surface area contributed by atoms with Crippen molar-refractivity contribution in [1.29, 1.82) is 0 Å². The van der Waals surface area contributed by atoms with Gasteiger partial charge in [-0.25, -0.2) is 0 Å². The second kappa shape index (κ2) is 11.3. The average Bonchev–Trinajstić information content (AvgIpc) is 3.36. The lowest BCUT2D eigenvalue weighted by Crippen LogP contribution is -2.18. The molecule has 3 aromatic rings. The Labute approximate surface area is 202 Å². The zero-order valence-corrected chi connectivity index (χ0v) is 20.3. The number of amides is 3. The first kappa shape index (κ1) is 24.8. The number of aryl methyl sites for hydroxylation is 1. The Morgan fingerprint density at radius 1 is 0.794 bits per heavy atom. The van der Waals surface area contributed by atoms with E-state index in [0.717, 1.165) is 16.8 Å². The van der Waals surface area contributed by atoms with E-state index >= 15 is 0 Å². The molecule has 178 valence electrons. The molecule has 0 fully saturated rings. The van der Waals surface area contributed by atoms with Crippen LogP contribution in [0.1, 0.15) is 33.6 Å². The summed E-state index contributed by atoms with van der Waals surface area (Å²) in [6.45, 7) is 3.91. The molecule has 34 heavy (non-hydrogen) atoms. The minimum absolute atomic E-state index is 0.0148. The van der Waals surface area contributed by atoms with Crippen LogP contribution in [0.25, 0.3) is 0 Å². The number of methoxy groups -OCH3 is 2. The Bertz CT molecular complexity index is 1190. The molecule has 8 nitrogen and oxygen atoms in total. The van der Waals surface area contributed by atoms with Gasteiger partial charge in [-0.1, -0.05) is 18.2 Å². The molecule has 0 spiro atoms. The Morgan fingerprint density at radius 2 is 1.38 bits per heavy atom. The van der Waals surface area contributed by atoms with Gasteiger partial charge in [-0.2, -0.15) is 0 Å². The Hall–Kier alpha value is -3.85. The first-order valence-corrected chi connectivity index (χ1v) is 11.5. The van der Waals surface area contributed by atoms with Crippen LogP contribution in [-0.2, 0) is 9.59 Å². The van der Waals surface area contributed by atoms with E-state index in [-0.39, 0.29) is 30.6 Å². The summed E-state index contributed by atoms with van der Waals surface area (Å²) < 4.78 is 10.8. The van der Waals surface area contributed by atoms with Crippen molar-refractivity contribution in [2.45, 2.75) is 26.7 Å². The second-order valence-electron chi connectivity index (χ2n) is 7.53. The standard InChI is InChI=1S/C25H27N3O5S/c1-15-7-5-8-17(16(15)2)26-23(29)10-11-24(30)27-18-13-21(33-4)19(14-20(18)32-3)28-25(31)22-9-6-12-34-22/h5-9,12-14H,10-11H2,1-4H3,(H,26,29)(H,27,30)(H,28,31). The van der Waals surface area contributed by atoms with Gasteiger partial charge >= 0.3 is 0 Å². The summed E-state index contributed by atoms with van der Waals surface area (Å²) in [5.41, 5.74) is 3.57. The zero-order valence-electron chi connectivity index (χ0n) is 19.5. The van der Waals surface area contributed by atoms with Crippen molar-refractivity contribution in [2.24, 2.45) is 0 Å². The Kier molecular flexibility index (Phi) is 8.26. The fraction of sp³-hybridized carbons (Fsp3) is 0.240. The summed E-state index contributed by atoms with van der Waals surface area (Å²) in [6.07, 6.45) is 0.00660. The van der Waals surface area contributed by atoms with E-state index in [1.807, 2.05) is 37.4 Å². The molecule has 1 aromatic heterocycles. The number of hydrogen-bond acceptors (Lipinski definition) is 6. The van der Waals surface area contributed by atoms with Crippen LogP contribution in [0.15, 0.2) is 47.8 Å². The van der Waals surface area contributed by atoms with E-state index in [2.05, 4.69) is 16.0 Å². The summed E-state index contributed by atoms with van der Waals surface area (Å²) in [7, 11) is 2.92. The van der Waals surface area contributed by atoms with Crippen LogP contribution in [0, 0.1) is 13.8 Å². The molecule has 0 aliphatic heterocycles. The van der Waals surface area contributed by atoms with Gasteiger partial charge in [0.05, 0.1) is 30.5 Å². The predicted octanol–water partition coefficient (Wildman–Crippen LogP) is 4.99. The van der Waals surface area contributed by atoms with Crippen LogP contribution in [0.4, 0.5) is 17.1 Å². The van der Waals surface area contributed by atoms with Crippen molar-refractivity contribution in [3.63, 3.8) is 0 Å². The topological polar surface area (TPSA) is 106 Å². The van der Waals surface area contributed by atoms with Crippen LogP contribution in [0.3, 0.4) is 0 Å². The molecule has 3 amide bonds. The highest BCUT2D eigenvalue weighted by Gasteiger charge is 2.17. The fourth-order valence-corrected chi connectivity index (χ4v) is 3.84. The van der Waals surface area contributed by atoms with E-state index in [9.17, 15) is 14.4 Å². The highest BCUT2D eigenvalue weighted by molar-refractivity contribution is 7.12. The molecule has 0 radical (unpaired) electrons. The maximum absolute atomic E-state index is 12.5. The number of anilines is 3. The Balaban J connectivity index is 1.64. The summed E-state index contributed by atoms with van der Waals surface area (Å²) >= 11 is 1.32. The van der Waals surface area contributed by atoms with E-state index in [0.29, 0.717) is 27.8 Å². The van der Waals surface area contributed by atoms with Gasteiger partial charge in [0.25, 0.3) is 5.91 Å². The fourth-order valence-electron chi connectivity index (χ4n) is 3.22. The molecule has 0 aliphatic rings. The normalized spacial score (nSPS) is 10.4. The summed E-state index contributed by atoms with van der Waals surface area (Å²) in [6, 6.07) is 12.3. The maximum Gasteiger partial charge on any atom is 0.265 e. The number of ether oxygens (including phenoxy) is 2. The van der Waals surface area contributed by atoms with Crippen LogP contribution in [0.2, 0.25) is 0 Å². The van der Waals surface area contributed by atoms with Crippen molar-refractivity contribution >= 4 is 46.1 Å². The molecular formula is C25H27N3O5S. The monoisotopic (exact) mass is 481 g/mol. The summed E-state index contributed by atoms with van der Waals surface area (Å²) in [4.78, 5) is 37.8. The molecule has 3 N–H and O–H groups in total. The third-order valence-corrected chi connectivity index (χ3v) is 6.12. The second-order valence-corrected chi connectivity index (χ2v) is 8.48. The van der Waals surface area contributed by atoms with Crippen LogP contribution < -0.4 is 25.4 Å². The van der Waals surface area contributed by atoms with E-state index < -0.39 is 0 Å². The number of nitrogens with one attached hydrogen (secondary N) is 3. The third kappa shape index (κ3) is 6.14. The van der Waals surface area contributed by atoms with Crippen molar-refractivity contribution in [3.05, 3.63) is 63.8 Å². The minimum Gasteiger partial charge on any atom is -0.494 e. The van der Waals surface area contributed by atoms with Gasteiger partial charge in [-0.05, 0) is 42.5 Å². The molecule has 0 saturated carbocycles. The van der Waals surface area contributed by atoms with Crippen LogP contribution in [-0.4, -0.2) is 31.9 Å². The van der Waals surface area contributed by atoms with Crippen molar-refractivity contribution < 1.29 is 23.9 Å². The number of thiophene rings is 1. The number of benzene rings is 2.